The van der Waals surface area contributed by atoms with Crippen LogP contribution in [0.4, 0.5) is 0 Å². The minimum Gasteiger partial charge on any atom is -0.438 e. The maximum absolute atomic E-state index is 5.68. The summed E-state index contributed by atoms with van der Waals surface area (Å²) in [4.78, 5) is 0. The van der Waals surface area contributed by atoms with Gasteiger partial charge in [-0.15, -0.1) is 5.10 Å². The highest BCUT2D eigenvalue weighted by Gasteiger charge is 2.02. The van der Waals surface area contributed by atoms with Gasteiger partial charge in [0.2, 0.25) is 5.88 Å². The highest BCUT2D eigenvalue weighted by atomic mass is 16.5. The van der Waals surface area contributed by atoms with E-state index in [0.717, 1.165) is 24.5 Å². The first kappa shape index (κ1) is 14.5. The van der Waals surface area contributed by atoms with Gasteiger partial charge in [-0.2, -0.15) is 5.10 Å². The minimum absolute atomic E-state index is 0.516. The van der Waals surface area contributed by atoms with Gasteiger partial charge in [0.1, 0.15) is 5.75 Å². The fourth-order valence-corrected chi connectivity index (χ4v) is 1.79. The summed E-state index contributed by atoms with van der Waals surface area (Å²) in [5.74, 6) is 1.82. The monoisotopic (exact) mass is 271 g/mol. The second kappa shape index (κ2) is 7.01. The Morgan fingerprint density at radius 3 is 2.35 bits per heavy atom. The molecule has 0 radical (unpaired) electrons. The Kier molecular flexibility index (Phi) is 5.07. The number of nitrogens with one attached hydrogen (secondary N) is 1. The molecule has 4 nitrogen and oxygen atoms in total. The highest BCUT2D eigenvalue weighted by molar-refractivity contribution is 5.31. The van der Waals surface area contributed by atoms with Crippen LogP contribution in [0.2, 0.25) is 0 Å². The lowest BCUT2D eigenvalue weighted by Gasteiger charge is -2.08. The van der Waals surface area contributed by atoms with Gasteiger partial charge >= 0.3 is 0 Å². The normalized spacial score (nSPS) is 10.8. The lowest BCUT2D eigenvalue weighted by molar-refractivity contribution is 0.453. The summed E-state index contributed by atoms with van der Waals surface area (Å²) in [5, 5.41) is 11.4. The molecule has 0 saturated carbocycles. The van der Waals surface area contributed by atoms with Crippen molar-refractivity contribution in [3.05, 3.63) is 47.7 Å². The zero-order valence-corrected chi connectivity index (χ0v) is 12.3. The van der Waals surface area contributed by atoms with Crippen molar-refractivity contribution >= 4 is 0 Å². The number of aromatic nitrogens is 2. The first-order valence-corrected chi connectivity index (χ1v) is 7.00. The third-order valence-electron chi connectivity index (χ3n) is 3.02. The van der Waals surface area contributed by atoms with E-state index in [1.165, 1.54) is 5.56 Å². The van der Waals surface area contributed by atoms with Gasteiger partial charge < -0.3 is 10.1 Å². The molecule has 0 aliphatic heterocycles. The van der Waals surface area contributed by atoms with Crippen molar-refractivity contribution in [2.24, 2.45) is 0 Å². The molecule has 0 spiro atoms. The Morgan fingerprint density at radius 2 is 1.80 bits per heavy atom. The van der Waals surface area contributed by atoms with Gasteiger partial charge in [0, 0.05) is 12.6 Å². The molecule has 1 N–H and O–H groups in total. The molecule has 20 heavy (non-hydrogen) atoms. The first-order chi connectivity index (χ1) is 9.69. The van der Waals surface area contributed by atoms with E-state index in [9.17, 15) is 0 Å². The van der Waals surface area contributed by atoms with Gasteiger partial charge in [0.25, 0.3) is 0 Å². The molecular formula is C16H21N3O. The molecule has 2 aromatic rings. The van der Waals surface area contributed by atoms with E-state index in [4.69, 9.17) is 4.74 Å². The van der Waals surface area contributed by atoms with Crippen LogP contribution in [0.1, 0.15) is 37.9 Å². The summed E-state index contributed by atoms with van der Waals surface area (Å²) in [6.45, 7) is 8.05. The smallest absolute Gasteiger partial charge is 0.238 e. The molecule has 0 fully saturated rings. The molecule has 106 valence electrons. The van der Waals surface area contributed by atoms with E-state index < -0.39 is 0 Å². The molecule has 0 aliphatic rings. The molecule has 0 amide bonds. The number of ether oxygens (including phenoxy) is 1. The summed E-state index contributed by atoms with van der Waals surface area (Å²) in [5.41, 5.74) is 2.21. The SMILES string of the molecule is CCNCc1ccc(Oc2ccc(C(C)C)cc2)nn1. The second-order valence-electron chi connectivity index (χ2n) is 4.97. The van der Waals surface area contributed by atoms with Gasteiger partial charge in [0.15, 0.2) is 0 Å². The molecule has 0 unspecified atom stereocenters. The molecular weight excluding hydrogens is 250 g/mol. The Labute approximate surface area is 120 Å². The van der Waals surface area contributed by atoms with Gasteiger partial charge in [-0.1, -0.05) is 32.9 Å². The predicted molar refractivity (Wildman–Crippen MR) is 80.0 cm³/mol. The average molecular weight is 271 g/mol. The van der Waals surface area contributed by atoms with E-state index in [1.54, 1.807) is 0 Å². The van der Waals surface area contributed by atoms with Crippen LogP contribution in [0.3, 0.4) is 0 Å². The predicted octanol–water partition coefficient (Wildman–Crippen LogP) is 3.50. The van der Waals surface area contributed by atoms with Crippen LogP contribution >= 0.6 is 0 Å². The summed E-state index contributed by atoms with van der Waals surface area (Å²) in [6.07, 6.45) is 0. The third kappa shape index (κ3) is 4.03. The quantitative estimate of drug-likeness (QED) is 0.873. The maximum atomic E-state index is 5.68. The number of nitrogens with zero attached hydrogens (tertiary/aromatic N) is 2. The first-order valence-electron chi connectivity index (χ1n) is 7.00. The van der Waals surface area contributed by atoms with E-state index in [2.05, 4.69) is 48.4 Å². The number of rotatable bonds is 6. The Bertz CT molecular complexity index is 520. The average Bonchev–Trinajstić information content (AvgIpc) is 2.47. The molecule has 1 aromatic heterocycles. The Balaban J connectivity index is 1.98. The lowest BCUT2D eigenvalue weighted by Crippen LogP contribution is -2.13. The fourth-order valence-electron chi connectivity index (χ4n) is 1.79. The summed E-state index contributed by atoms with van der Waals surface area (Å²) >= 11 is 0. The van der Waals surface area contributed by atoms with Crippen molar-refractivity contribution in [3.8, 4) is 11.6 Å². The van der Waals surface area contributed by atoms with Gasteiger partial charge in [-0.05, 0) is 36.2 Å². The summed E-state index contributed by atoms with van der Waals surface area (Å²) in [7, 11) is 0. The van der Waals surface area contributed by atoms with Crippen LogP contribution in [0.15, 0.2) is 36.4 Å². The molecule has 2 rings (SSSR count). The molecule has 0 bridgehead atoms. The molecule has 4 heteroatoms. The number of hydrogen-bond acceptors (Lipinski definition) is 4. The van der Waals surface area contributed by atoms with E-state index >= 15 is 0 Å². The van der Waals surface area contributed by atoms with Crippen LogP contribution < -0.4 is 10.1 Å². The molecule has 0 aliphatic carbocycles. The van der Waals surface area contributed by atoms with Crippen LogP contribution in [0.5, 0.6) is 11.6 Å². The van der Waals surface area contributed by atoms with Crippen molar-refractivity contribution in [1.29, 1.82) is 0 Å². The summed E-state index contributed by atoms with van der Waals surface area (Å²) < 4.78 is 5.68. The number of hydrogen-bond donors (Lipinski definition) is 1. The van der Waals surface area contributed by atoms with Crippen LogP contribution in [-0.2, 0) is 6.54 Å². The molecule has 1 heterocycles. The zero-order chi connectivity index (χ0) is 14.4. The fraction of sp³-hybridized carbons (Fsp3) is 0.375. The van der Waals surface area contributed by atoms with Gasteiger partial charge in [-0.3, -0.25) is 0 Å². The topological polar surface area (TPSA) is 47.0 Å². The van der Waals surface area contributed by atoms with Gasteiger partial charge in [0.05, 0.1) is 5.69 Å². The van der Waals surface area contributed by atoms with Gasteiger partial charge in [-0.25, -0.2) is 0 Å². The van der Waals surface area contributed by atoms with E-state index in [1.807, 2.05) is 24.3 Å². The molecule has 0 saturated heterocycles. The maximum Gasteiger partial charge on any atom is 0.238 e. The number of benzene rings is 1. The highest BCUT2D eigenvalue weighted by Crippen LogP contribution is 2.22. The van der Waals surface area contributed by atoms with E-state index in [0.29, 0.717) is 11.8 Å². The van der Waals surface area contributed by atoms with Crippen molar-refractivity contribution in [2.45, 2.75) is 33.2 Å². The Hall–Kier alpha value is -1.94. The van der Waals surface area contributed by atoms with E-state index in [-0.39, 0.29) is 0 Å². The molecule has 0 atom stereocenters. The van der Waals surface area contributed by atoms with Crippen LogP contribution in [0, 0.1) is 0 Å². The lowest BCUT2D eigenvalue weighted by atomic mass is 10.0. The van der Waals surface area contributed by atoms with Crippen molar-refractivity contribution < 1.29 is 4.74 Å². The third-order valence-corrected chi connectivity index (χ3v) is 3.02. The standard InChI is InChI=1S/C16H21N3O/c1-4-17-11-14-7-10-16(19-18-14)20-15-8-5-13(6-9-15)12(2)3/h5-10,12,17H,4,11H2,1-3H3. The zero-order valence-electron chi connectivity index (χ0n) is 12.3. The van der Waals surface area contributed by atoms with Crippen LogP contribution in [0.25, 0.3) is 0 Å². The Morgan fingerprint density at radius 1 is 1.05 bits per heavy atom. The largest absolute Gasteiger partial charge is 0.438 e. The van der Waals surface area contributed by atoms with Crippen molar-refractivity contribution in [3.63, 3.8) is 0 Å². The van der Waals surface area contributed by atoms with Crippen LogP contribution in [-0.4, -0.2) is 16.7 Å². The van der Waals surface area contributed by atoms with Crippen molar-refractivity contribution in [2.75, 3.05) is 6.54 Å². The molecule has 1 aromatic carbocycles. The minimum atomic E-state index is 0.516. The second-order valence-corrected chi connectivity index (χ2v) is 4.97. The summed E-state index contributed by atoms with van der Waals surface area (Å²) in [6, 6.07) is 11.8. The van der Waals surface area contributed by atoms with Crippen molar-refractivity contribution in [1.82, 2.24) is 15.5 Å².